The molecule has 1 saturated heterocycles. The van der Waals surface area contributed by atoms with Crippen LogP contribution in [0.25, 0.3) is 0 Å². The number of nitrogens with zero attached hydrogens (tertiary/aromatic N) is 2. The minimum Gasteiger partial charge on any atom is -0.484 e. The molecule has 1 fully saturated rings. The predicted octanol–water partition coefficient (Wildman–Crippen LogP) is 3.36. The maximum absolute atomic E-state index is 12.3. The van der Waals surface area contributed by atoms with Crippen molar-refractivity contribution < 1.29 is 14.3 Å². The van der Waals surface area contributed by atoms with E-state index in [-0.39, 0.29) is 18.3 Å². The Bertz CT molecular complexity index is 873. The number of carbonyl (C=O) groups excluding carboxylic acids is 2. The van der Waals surface area contributed by atoms with Crippen LogP contribution in [-0.4, -0.2) is 55.9 Å². The highest BCUT2D eigenvalue weighted by Crippen LogP contribution is 2.24. The molecule has 6 nitrogen and oxygen atoms in total. The van der Waals surface area contributed by atoms with E-state index in [4.69, 9.17) is 4.74 Å². The molecule has 0 aliphatic carbocycles. The van der Waals surface area contributed by atoms with Crippen molar-refractivity contribution in [2.45, 2.75) is 20.8 Å². The normalized spacial score (nSPS) is 14.5. The Morgan fingerprint density at radius 3 is 2.48 bits per heavy atom. The third-order valence-corrected chi connectivity index (χ3v) is 5.28. The third-order valence-electron chi connectivity index (χ3n) is 5.28. The van der Waals surface area contributed by atoms with Crippen LogP contribution in [0, 0.1) is 6.92 Å². The Hall–Kier alpha value is -2.86. The van der Waals surface area contributed by atoms with Crippen molar-refractivity contribution in [2.24, 2.45) is 0 Å². The van der Waals surface area contributed by atoms with Crippen LogP contribution in [0.3, 0.4) is 0 Å². The molecule has 0 aromatic heterocycles. The van der Waals surface area contributed by atoms with E-state index in [2.05, 4.69) is 34.2 Å². The smallest absolute Gasteiger partial charge is 0.262 e. The number of carbonyl (C=O) groups is 2. The van der Waals surface area contributed by atoms with Gasteiger partial charge in [0.2, 0.25) is 0 Å². The zero-order valence-corrected chi connectivity index (χ0v) is 17.4. The molecule has 154 valence electrons. The summed E-state index contributed by atoms with van der Waals surface area (Å²) in [6.45, 7) is 10.9. The summed E-state index contributed by atoms with van der Waals surface area (Å²) in [5, 5.41) is 2.91. The molecule has 3 rings (SSSR count). The van der Waals surface area contributed by atoms with Gasteiger partial charge >= 0.3 is 0 Å². The molecule has 1 aliphatic heterocycles. The van der Waals surface area contributed by atoms with Crippen molar-refractivity contribution in [3.05, 3.63) is 53.6 Å². The van der Waals surface area contributed by atoms with Gasteiger partial charge in [-0.2, -0.15) is 0 Å². The maximum atomic E-state index is 12.3. The van der Waals surface area contributed by atoms with Crippen molar-refractivity contribution in [3.63, 3.8) is 0 Å². The van der Waals surface area contributed by atoms with Crippen molar-refractivity contribution in [3.8, 4) is 5.75 Å². The summed E-state index contributed by atoms with van der Waals surface area (Å²) in [7, 11) is 0. The molecule has 0 atom stereocenters. The van der Waals surface area contributed by atoms with Crippen LogP contribution < -0.4 is 15.0 Å². The number of aryl methyl sites for hydroxylation is 1. The van der Waals surface area contributed by atoms with Crippen LogP contribution in [0.1, 0.15) is 29.8 Å². The Morgan fingerprint density at radius 2 is 1.83 bits per heavy atom. The molecule has 2 aromatic rings. The maximum Gasteiger partial charge on any atom is 0.262 e. The number of ketones is 1. The van der Waals surface area contributed by atoms with Gasteiger partial charge in [0, 0.05) is 43.1 Å². The lowest BCUT2D eigenvalue weighted by Gasteiger charge is -2.35. The molecule has 6 heteroatoms. The average molecular weight is 396 g/mol. The fourth-order valence-electron chi connectivity index (χ4n) is 3.45. The Balaban J connectivity index is 1.55. The number of anilines is 2. The molecule has 2 aromatic carbocycles. The van der Waals surface area contributed by atoms with Crippen molar-refractivity contribution >= 4 is 23.1 Å². The molecule has 0 radical (unpaired) electrons. The third kappa shape index (κ3) is 5.57. The fraction of sp³-hybridized carbons (Fsp3) is 0.391. The number of amides is 1. The highest BCUT2D eigenvalue weighted by molar-refractivity contribution is 5.94. The second-order valence-corrected chi connectivity index (χ2v) is 7.34. The molecule has 0 unspecified atom stereocenters. The number of hydrogen-bond donors (Lipinski definition) is 1. The van der Waals surface area contributed by atoms with E-state index in [1.54, 1.807) is 24.3 Å². The monoisotopic (exact) mass is 395 g/mol. The second kappa shape index (κ2) is 9.56. The van der Waals surface area contributed by atoms with Gasteiger partial charge in [-0.25, -0.2) is 0 Å². The van der Waals surface area contributed by atoms with Crippen molar-refractivity contribution in [2.75, 3.05) is 49.5 Å². The van der Waals surface area contributed by atoms with Gasteiger partial charge in [-0.3, -0.25) is 9.59 Å². The summed E-state index contributed by atoms with van der Waals surface area (Å²) in [6, 6.07) is 13.0. The molecular weight excluding hydrogens is 366 g/mol. The van der Waals surface area contributed by atoms with Crippen LogP contribution in [-0.2, 0) is 4.79 Å². The lowest BCUT2D eigenvalue weighted by atomic mass is 10.1. The molecule has 1 aliphatic rings. The van der Waals surface area contributed by atoms with E-state index in [9.17, 15) is 9.59 Å². The Morgan fingerprint density at radius 1 is 1.07 bits per heavy atom. The van der Waals surface area contributed by atoms with E-state index in [0.717, 1.165) is 44.0 Å². The van der Waals surface area contributed by atoms with Gasteiger partial charge in [0.25, 0.3) is 5.91 Å². The number of likely N-dealkylation sites (N-methyl/N-ethyl adjacent to an activating group) is 1. The van der Waals surface area contributed by atoms with Gasteiger partial charge in [0.1, 0.15) is 5.75 Å². The number of hydrogen-bond acceptors (Lipinski definition) is 5. The summed E-state index contributed by atoms with van der Waals surface area (Å²) in [4.78, 5) is 28.6. The minimum atomic E-state index is -0.231. The van der Waals surface area contributed by atoms with Gasteiger partial charge in [0.05, 0.1) is 0 Å². The SMILES string of the molecule is CCN1CCN(c2ccc(NC(=O)COc3cccc(C(C)=O)c3)c(C)c2)CC1. The van der Waals surface area contributed by atoms with Crippen molar-refractivity contribution in [1.29, 1.82) is 0 Å². The highest BCUT2D eigenvalue weighted by Gasteiger charge is 2.16. The quantitative estimate of drug-likeness (QED) is 0.729. The molecule has 0 bridgehead atoms. The lowest BCUT2D eigenvalue weighted by molar-refractivity contribution is -0.118. The summed E-state index contributed by atoms with van der Waals surface area (Å²) < 4.78 is 5.53. The molecule has 1 heterocycles. The fourth-order valence-corrected chi connectivity index (χ4v) is 3.45. The van der Waals surface area contributed by atoms with Gasteiger partial charge in [0.15, 0.2) is 12.4 Å². The molecular formula is C23H29N3O3. The van der Waals surface area contributed by atoms with E-state index in [1.807, 2.05) is 13.0 Å². The largest absolute Gasteiger partial charge is 0.484 e. The van der Waals surface area contributed by atoms with Gasteiger partial charge in [-0.05, 0) is 56.3 Å². The van der Waals surface area contributed by atoms with Crippen LogP contribution in [0.4, 0.5) is 11.4 Å². The van der Waals surface area contributed by atoms with E-state index >= 15 is 0 Å². The minimum absolute atomic E-state index is 0.0354. The summed E-state index contributed by atoms with van der Waals surface area (Å²) in [5.74, 6) is 0.239. The number of nitrogens with one attached hydrogen (secondary N) is 1. The number of benzene rings is 2. The van der Waals surface area contributed by atoms with Crippen LogP contribution in [0.5, 0.6) is 5.75 Å². The molecule has 1 N–H and O–H groups in total. The standard InChI is InChI=1S/C23H29N3O3/c1-4-25-10-12-26(13-11-25)20-8-9-22(17(2)14-20)24-23(28)16-29-21-7-5-6-19(15-21)18(3)27/h5-9,14-15H,4,10-13,16H2,1-3H3,(H,24,28). The highest BCUT2D eigenvalue weighted by atomic mass is 16.5. The number of ether oxygens (including phenoxy) is 1. The van der Waals surface area contributed by atoms with Gasteiger partial charge in [-0.15, -0.1) is 0 Å². The first-order chi connectivity index (χ1) is 14.0. The molecule has 29 heavy (non-hydrogen) atoms. The average Bonchev–Trinajstić information content (AvgIpc) is 2.74. The topological polar surface area (TPSA) is 61.9 Å². The number of Topliss-reactive ketones (excluding diaryl/α,β-unsaturated/α-hetero) is 1. The molecule has 1 amide bonds. The molecule has 0 saturated carbocycles. The van der Waals surface area contributed by atoms with Gasteiger partial charge in [-0.1, -0.05) is 19.1 Å². The predicted molar refractivity (Wildman–Crippen MR) is 116 cm³/mol. The van der Waals surface area contributed by atoms with Gasteiger partial charge < -0.3 is 19.9 Å². The Kier molecular flexibility index (Phi) is 6.88. The number of piperazine rings is 1. The van der Waals surface area contributed by atoms with E-state index in [0.29, 0.717) is 11.3 Å². The van der Waals surface area contributed by atoms with Crippen LogP contribution in [0.15, 0.2) is 42.5 Å². The lowest BCUT2D eigenvalue weighted by Crippen LogP contribution is -2.46. The second-order valence-electron chi connectivity index (χ2n) is 7.34. The number of rotatable bonds is 7. The van der Waals surface area contributed by atoms with E-state index < -0.39 is 0 Å². The summed E-state index contributed by atoms with van der Waals surface area (Å²) in [6.07, 6.45) is 0. The van der Waals surface area contributed by atoms with Crippen LogP contribution in [0.2, 0.25) is 0 Å². The van der Waals surface area contributed by atoms with E-state index in [1.165, 1.54) is 12.6 Å². The van der Waals surface area contributed by atoms with Crippen LogP contribution >= 0.6 is 0 Å². The summed E-state index contributed by atoms with van der Waals surface area (Å²) >= 11 is 0. The first-order valence-corrected chi connectivity index (χ1v) is 10.1. The zero-order valence-electron chi connectivity index (χ0n) is 17.4. The first-order valence-electron chi connectivity index (χ1n) is 10.1. The summed E-state index contributed by atoms with van der Waals surface area (Å²) in [5.41, 5.74) is 3.56. The van der Waals surface area contributed by atoms with Crippen molar-refractivity contribution in [1.82, 2.24) is 4.90 Å². The zero-order chi connectivity index (χ0) is 20.8. The first kappa shape index (κ1) is 20.9. The Labute approximate surface area is 172 Å². The molecule has 0 spiro atoms.